The second-order valence-corrected chi connectivity index (χ2v) is 5.97. The monoisotopic (exact) mass is 386 g/mol. The summed E-state index contributed by atoms with van der Waals surface area (Å²) in [4.78, 5) is 1.94. The normalized spacial score (nSPS) is 17.6. The highest BCUT2D eigenvalue weighted by Crippen LogP contribution is 2.32. The maximum atomic E-state index is 14.3. The van der Waals surface area contributed by atoms with Gasteiger partial charge < -0.3 is 5.32 Å². The van der Waals surface area contributed by atoms with Crippen molar-refractivity contribution < 1.29 is 13.2 Å². The third-order valence-electron chi connectivity index (χ3n) is 3.60. The van der Waals surface area contributed by atoms with E-state index in [2.05, 4.69) is 21.2 Å². The van der Waals surface area contributed by atoms with Gasteiger partial charge in [0, 0.05) is 48.7 Å². The molecular formula is C14H19BrClF3N2. The number of alkyl halides is 2. The molecule has 1 aliphatic rings. The van der Waals surface area contributed by atoms with E-state index in [4.69, 9.17) is 0 Å². The molecule has 7 heteroatoms. The maximum absolute atomic E-state index is 14.3. The molecule has 0 aliphatic carbocycles. The van der Waals surface area contributed by atoms with E-state index in [1.54, 1.807) is 19.1 Å². The van der Waals surface area contributed by atoms with Crippen LogP contribution in [0.3, 0.4) is 0 Å². The summed E-state index contributed by atoms with van der Waals surface area (Å²) in [5.74, 6) is -0.377. The Balaban J connectivity index is 0.00000220. The number of rotatable bonds is 4. The number of aryl methyl sites for hydroxylation is 1. The van der Waals surface area contributed by atoms with E-state index in [0.29, 0.717) is 24.2 Å². The van der Waals surface area contributed by atoms with Crippen molar-refractivity contribution in [2.75, 3.05) is 26.2 Å². The molecule has 1 aromatic carbocycles. The second kappa shape index (κ2) is 8.36. The number of hydrogen-bond acceptors (Lipinski definition) is 2. The SMILES string of the molecule is Cc1cc(Br)cc([C@H](CC(F)F)N2CCNCC2)c1F.Cl. The molecule has 1 aliphatic heterocycles. The molecule has 1 aromatic rings. The lowest BCUT2D eigenvalue weighted by Gasteiger charge is -2.35. The summed E-state index contributed by atoms with van der Waals surface area (Å²) in [6, 6.07) is 2.71. The van der Waals surface area contributed by atoms with Gasteiger partial charge >= 0.3 is 0 Å². The summed E-state index contributed by atoms with van der Waals surface area (Å²) >= 11 is 3.32. The smallest absolute Gasteiger partial charge is 0.240 e. The minimum atomic E-state index is -2.45. The summed E-state index contributed by atoms with van der Waals surface area (Å²) in [5.41, 5.74) is 0.836. The van der Waals surface area contributed by atoms with Crippen molar-refractivity contribution in [1.82, 2.24) is 10.2 Å². The maximum Gasteiger partial charge on any atom is 0.240 e. The lowest BCUT2D eigenvalue weighted by Crippen LogP contribution is -2.45. The van der Waals surface area contributed by atoms with E-state index >= 15 is 0 Å². The average Bonchev–Trinajstić information content (AvgIpc) is 2.41. The van der Waals surface area contributed by atoms with Gasteiger partial charge in [-0.15, -0.1) is 12.4 Å². The van der Waals surface area contributed by atoms with Crippen molar-refractivity contribution >= 4 is 28.3 Å². The summed E-state index contributed by atoms with van der Waals surface area (Å²) in [6.07, 6.45) is -2.79. The van der Waals surface area contributed by atoms with Crippen LogP contribution < -0.4 is 5.32 Å². The van der Waals surface area contributed by atoms with E-state index in [1.165, 1.54) is 0 Å². The van der Waals surface area contributed by atoms with Gasteiger partial charge in [0.25, 0.3) is 0 Å². The van der Waals surface area contributed by atoms with Crippen LogP contribution >= 0.6 is 28.3 Å². The van der Waals surface area contributed by atoms with Crippen LogP contribution in [-0.2, 0) is 0 Å². The minimum absolute atomic E-state index is 0. The van der Waals surface area contributed by atoms with Crippen LogP contribution in [0.2, 0.25) is 0 Å². The van der Waals surface area contributed by atoms with Crippen LogP contribution in [-0.4, -0.2) is 37.5 Å². The van der Waals surface area contributed by atoms with Gasteiger partial charge in [0.1, 0.15) is 5.82 Å². The molecule has 0 bridgehead atoms. The highest BCUT2D eigenvalue weighted by Gasteiger charge is 2.28. The zero-order valence-electron chi connectivity index (χ0n) is 11.7. The quantitative estimate of drug-likeness (QED) is 0.842. The Morgan fingerprint density at radius 2 is 1.90 bits per heavy atom. The van der Waals surface area contributed by atoms with Crippen LogP contribution in [0, 0.1) is 12.7 Å². The van der Waals surface area contributed by atoms with Gasteiger partial charge in [0.15, 0.2) is 0 Å². The predicted molar refractivity (Wildman–Crippen MR) is 83.9 cm³/mol. The molecule has 0 amide bonds. The lowest BCUT2D eigenvalue weighted by atomic mass is 9.98. The van der Waals surface area contributed by atoms with E-state index < -0.39 is 12.5 Å². The van der Waals surface area contributed by atoms with Crippen molar-refractivity contribution in [2.24, 2.45) is 0 Å². The molecule has 1 heterocycles. The van der Waals surface area contributed by atoms with Gasteiger partial charge in [-0.2, -0.15) is 0 Å². The third-order valence-corrected chi connectivity index (χ3v) is 4.06. The Labute approximate surface area is 137 Å². The number of benzene rings is 1. The molecule has 2 nitrogen and oxygen atoms in total. The molecule has 1 fully saturated rings. The molecule has 0 radical (unpaired) electrons. The fraction of sp³-hybridized carbons (Fsp3) is 0.571. The fourth-order valence-electron chi connectivity index (χ4n) is 2.63. The van der Waals surface area contributed by atoms with Crippen molar-refractivity contribution in [1.29, 1.82) is 0 Å². The van der Waals surface area contributed by atoms with E-state index in [1.807, 2.05) is 4.90 Å². The molecule has 1 N–H and O–H groups in total. The average molecular weight is 388 g/mol. The van der Waals surface area contributed by atoms with Gasteiger partial charge in [-0.1, -0.05) is 15.9 Å². The van der Waals surface area contributed by atoms with E-state index in [9.17, 15) is 13.2 Å². The first-order valence-electron chi connectivity index (χ1n) is 6.67. The summed E-state index contributed by atoms with van der Waals surface area (Å²) < 4.78 is 40.8. The first-order chi connectivity index (χ1) is 9.49. The van der Waals surface area contributed by atoms with Gasteiger partial charge in [-0.25, -0.2) is 13.2 Å². The highest BCUT2D eigenvalue weighted by atomic mass is 79.9. The molecule has 2 rings (SSSR count). The molecule has 21 heavy (non-hydrogen) atoms. The van der Waals surface area contributed by atoms with Crippen LogP contribution in [0.5, 0.6) is 0 Å². The Morgan fingerprint density at radius 3 is 2.48 bits per heavy atom. The Kier molecular flexibility index (Phi) is 7.47. The topological polar surface area (TPSA) is 15.3 Å². The molecule has 0 saturated carbocycles. The zero-order valence-corrected chi connectivity index (χ0v) is 14.1. The van der Waals surface area contributed by atoms with Gasteiger partial charge in [0.2, 0.25) is 6.43 Å². The Bertz CT molecular complexity index is 468. The van der Waals surface area contributed by atoms with E-state index in [0.717, 1.165) is 17.6 Å². The Morgan fingerprint density at radius 1 is 1.29 bits per heavy atom. The highest BCUT2D eigenvalue weighted by molar-refractivity contribution is 9.10. The number of hydrogen-bond donors (Lipinski definition) is 1. The first kappa shape index (κ1) is 18.7. The summed E-state index contributed by atoms with van der Waals surface area (Å²) in [7, 11) is 0. The number of halogens is 5. The van der Waals surface area contributed by atoms with Crippen molar-refractivity contribution in [3.63, 3.8) is 0 Å². The molecule has 1 atom stereocenters. The van der Waals surface area contributed by atoms with Crippen molar-refractivity contribution in [2.45, 2.75) is 25.8 Å². The van der Waals surface area contributed by atoms with Crippen LogP contribution in [0.25, 0.3) is 0 Å². The molecule has 1 saturated heterocycles. The third kappa shape index (κ3) is 4.84. The molecule has 0 spiro atoms. The first-order valence-corrected chi connectivity index (χ1v) is 7.47. The lowest BCUT2D eigenvalue weighted by molar-refractivity contribution is 0.0724. The second-order valence-electron chi connectivity index (χ2n) is 5.05. The Hall–Kier alpha value is -0.300. The van der Waals surface area contributed by atoms with Gasteiger partial charge in [0.05, 0.1) is 0 Å². The summed E-state index contributed by atoms with van der Waals surface area (Å²) in [6.45, 7) is 4.45. The van der Waals surface area contributed by atoms with Gasteiger partial charge in [-0.05, 0) is 24.6 Å². The van der Waals surface area contributed by atoms with E-state index in [-0.39, 0.29) is 24.6 Å². The van der Waals surface area contributed by atoms with Crippen LogP contribution in [0.15, 0.2) is 16.6 Å². The van der Waals surface area contributed by atoms with Crippen LogP contribution in [0.1, 0.15) is 23.6 Å². The van der Waals surface area contributed by atoms with Crippen molar-refractivity contribution in [3.8, 4) is 0 Å². The van der Waals surface area contributed by atoms with Gasteiger partial charge in [-0.3, -0.25) is 4.90 Å². The predicted octanol–water partition coefficient (Wildman–Crippen LogP) is 3.92. The molecular weight excluding hydrogens is 369 g/mol. The minimum Gasteiger partial charge on any atom is -0.314 e. The molecule has 120 valence electrons. The largest absolute Gasteiger partial charge is 0.314 e. The molecule has 0 aromatic heterocycles. The number of nitrogens with zero attached hydrogens (tertiary/aromatic N) is 1. The number of nitrogens with one attached hydrogen (secondary N) is 1. The van der Waals surface area contributed by atoms with Crippen molar-refractivity contribution in [3.05, 3.63) is 33.5 Å². The fourth-order valence-corrected chi connectivity index (χ4v) is 3.22. The standard InChI is InChI=1S/C14H18BrF3N2.ClH/c1-9-6-10(15)7-11(14(9)18)12(8-13(16)17)20-4-2-19-3-5-20;/h6-7,12-13,19H,2-5,8H2,1H3;1H/t12-;/m0./s1. The summed E-state index contributed by atoms with van der Waals surface area (Å²) in [5, 5.41) is 3.18. The van der Waals surface area contributed by atoms with Crippen LogP contribution in [0.4, 0.5) is 13.2 Å². The zero-order chi connectivity index (χ0) is 14.7. The number of piperazine rings is 1. The molecule has 0 unspecified atom stereocenters.